The first-order valence-corrected chi connectivity index (χ1v) is 23.3. The Morgan fingerprint density at radius 3 is 1.80 bits per heavy atom. The summed E-state index contributed by atoms with van der Waals surface area (Å²) >= 11 is 0. The molecule has 5 heteroatoms. The summed E-state index contributed by atoms with van der Waals surface area (Å²) in [4.78, 5) is 12.8. The molecule has 0 atom stereocenters. The van der Waals surface area contributed by atoms with E-state index in [1.54, 1.807) is 0 Å². The number of hydrogen-bond donors (Lipinski definition) is 0. The van der Waals surface area contributed by atoms with E-state index in [0.717, 1.165) is 61.6 Å². The van der Waals surface area contributed by atoms with Crippen LogP contribution in [0.2, 0.25) is 19.6 Å². The quantitative estimate of drug-likeness (QED) is 0.131. The molecule has 0 fully saturated rings. The second-order valence-electron chi connectivity index (χ2n) is 16.6. The standard InChI is InChI=1S/C50H50N4Si/c1-34(2)43-29-36(33-55(5,6)7)30-44(35(3)4)49(43)54-48-26-14-13-25-47(48)52-50(54)39-19-16-23-42(32-39)53(40-20-9-8-10-21-40)41-22-15-18-38(31-41)46-28-27-37-17-11-12-24-45(37)51-46/h8-32,34-35H,33H2,1-7H3. The van der Waals surface area contributed by atoms with Crippen LogP contribution in [0.1, 0.15) is 56.2 Å². The molecular formula is C50H50N4Si. The van der Waals surface area contributed by atoms with Crippen molar-refractivity contribution in [1.29, 1.82) is 0 Å². The van der Waals surface area contributed by atoms with Crippen molar-refractivity contribution in [2.45, 2.75) is 65.2 Å². The minimum absolute atomic E-state index is 0.340. The van der Waals surface area contributed by atoms with Crippen molar-refractivity contribution in [2.75, 3.05) is 4.90 Å². The third-order valence-corrected chi connectivity index (χ3v) is 11.8. The summed E-state index contributed by atoms with van der Waals surface area (Å²) in [5.41, 5.74) is 14.9. The van der Waals surface area contributed by atoms with Crippen LogP contribution in [0.25, 0.3) is 50.3 Å². The molecule has 0 saturated heterocycles. The van der Waals surface area contributed by atoms with E-state index in [4.69, 9.17) is 9.97 Å². The number of rotatable bonds is 10. The summed E-state index contributed by atoms with van der Waals surface area (Å²) < 4.78 is 2.45. The van der Waals surface area contributed by atoms with Crippen molar-refractivity contribution < 1.29 is 0 Å². The molecule has 0 bridgehead atoms. The van der Waals surface area contributed by atoms with Gasteiger partial charge < -0.3 is 4.90 Å². The van der Waals surface area contributed by atoms with Gasteiger partial charge in [-0.1, -0.05) is 138 Å². The highest BCUT2D eigenvalue weighted by atomic mass is 28.3. The minimum Gasteiger partial charge on any atom is -0.310 e. The van der Waals surface area contributed by atoms with Crippen molar-refractivity contribution in [1.82, 2.24) is 14.5 Å². The molecule has 0 N–H and O–H groups in total. The number of hydrogen-bond acceptors (Lipinski definition) is 3. The fraction of sp³-hybridized carbons (Fsp3) is 0.200. The Bertz CT molecular complexity index is 2600. The fourth-order valence-electron chi connectivity index (χ4n) is 7.88. The van der Waals surface area contributed by atoms with Crippen molar-refractivity contribution in [3.8, 4) is 28.3 Å². The monoisotopic (exact) mass is 734 g/mol. The van der Waals surface area contributed by atoms with Crippen molar-refractivity contribution in [3.05, 3.63) is 168 Å². The van der Waals surface area contributed by atoms with Gasteiger partial charge in [-0.15, -0.1) is 0 Å². The number of aromatic nitrogens is 3. The number of para-hydroxylation sites is 4. The number of nitrogens with zero attached hydrogens (tertiary/aromatic N) is 4. The average molecular weight is 735 g/mol. The van der Waals surface area contributed by atoms with E-state index in [2.05, 4.69) is 202 Å². The zero-order chi connectivity index (χ0) is 38.3. The summed E-state index contributed by atoms with van der Waals surface area (Å²) in [6.45, 7) is 16.7. The number of imidazole rings is 1. The highest BCUT2D eigenvalue weighted by Gasteiger charge is 2.25. The summed E-state index contributed by atoms with van der Waals surface area (Å²) in [5, 5.41) is 1.14. The highest BCUT2D eigenvalue weighted by molar-refractivity contribution is 6.75. The molecule has 0 spiro atoms. The SMILES string of the molecule is CC(C)c1cc(C[Si](C)(C)C)cc(C(C)C)c1-n1c(-c2cccc(N(c3ccccc3)c3cccc(-c4ccc5ccccc5n4)c3)c2)nc2ccccc21. The zero-order valence-corrected chi connectivity index (χ0v) is 34.1. The maximum Gasteiger partial charge on any atom is 0.145 e. The number of benzene rings is 6. The average Bonchev–Trinajstić information content (AvgIpc) is 3.57. The Balaban J connectivity index is 1.31. The van der Waals surface area contributed by atoms with Crippen LogP contribution in [0, 0.1) is 0 Å². The van der Waals surface area contributed by atoms with Gasteiger partial charge in [-0.2, -0.15) is 0 Å². The van der Waals surface area contributed by atoms with Gasteiger partial charge in [-0.3, -0.25) is 4.57 Å². The van der Waals surface area contributed by atoms with E-state index in [-0.39, 0.29) is 0 Å². The van der Waals surface area contributed by atoms with Gasteiger partial charge in [0.1, 0.15) is 5.82 Å². The second kappa shape index (κ2) is 14.8. The summed E-state index contributed by atoms with van der Waals surface area (Å²) in [7, 11) is -1.34. The lowest BCUT2D eigenvalue weighted by atomic mass is 9.90. The molecule has 8 aromatic rings. The lowest BCUT2D eigenvalue weighted by Crippen LogP contribution is -2.24. The molecular weight excluding hydrogens is 685 g/mol. The Kier molecular flexibility index (Phi) is 9.74. The lowest BCUT2D eigenvalue weighted by molar-refractivity contribution is 0.807. The van der Waals surface area contributed by atoms with Crippen LogP contribution < -0.4 is 4.90 Å². The number of pyridine rings is 1. The van der Waals surface area contributed by atoms with Crippen LogP contribution in [0.3, 0.4) is 0 Å². The first-order chi connectivity index (χ1) is 26.5. The first-order valence-electron chi connectivity index (χ1n) is 19.6. The van der Waals surface area contributed by atoms with Crippen LogP contribution in [0.5, 0.6) is 0 Å². The molecule has 0 aliphatic heterocycles. The van der Waals surface area contributed by atoms with Gasteiger partial charge in [0.2, 0.25) is 0 Å². The summed E-state index contributed by atoms with van der Waals surface area (Å²) in [5.74, 6) is 1.63. The third kappa shape index (κ3) is 7.37. The normalized spacial score (nSPS) is 11.9. The fourth-order valence-corrected chi connectivity index (χ4v) is 9.31. The van der Waals surface area contributed by atoms with Crippen LogP contribution in [-0.4, -0.2) is 22.6 Å². The van der Waals surface area contributed by atoms with Gasteiger partial charge in [-0.05, 0) is 95.2 Å². The first kappa shape index (κ1) is 36.2. The molecule has 0 radical (unpaired) electrons. The Hall–Kier alpha value is -5.78. The van der Waals surface area contributed by atoms with Crippen molar-refractivity contribution in [2.24, 2.45) is 0 Å². The van der Waals surface area contributed by atoms with Gasteiger partial charge in [0.15, 0.2) is 0 Å². The number of fused-ring (bicyclic) bond motifs is 2. The molecule has 55 heavy (non-hydrogen) atoms. The predicted molar refractivity (Wildman–Crippen MR) is 237 cm³/mol. The maximum absolute atomic E-state index is 5.41. The van der Waals surface area contributed by atoms with Gasteiger partial charge in [-0.25, -0.2) is 9.97 Å². The molecule has 4 nitrogen and oxygen atoms in total. The molecule has 0 aliphatic carbocycles. The van der Waals surface area contributed by atoms with Crippen LogP contribution in [-0.2, 0) is 6.04 Å². The molecule has 6 aromatic carbocycles. The van der Waals surface area contributed by atoms with Gasteiger partial charge >= 0.3 is 0 Å². The largest absolute Gasteiger partial charge is 0.310 e. The van der Waals surface area contributed by atoms with Gasteiger partial charge in [0.05, 0.1) is 27.9 Å². The van der Waals surface area contributed by atoms with Gasteiger partial charge in [0.25, 0.3) is 0 Å². The summed E-state index contributed by atoms with van der Waals surface area (Å²) in [6, 6.07) is 55.6. The maximum atomic E-state index is 5.41. The zero-order valence-electron chi connectivity index (χ0n) is 33.1. The minimum atomic E-state index is -1.34. The van der Waals surface area contributed by atoms with Crippen molar-refractivity contribution >= 4 is 47.1 Å². The topological polar surface area (TPSA) is 34.0 Å². The van der Waals surface area contributed by atoms with Gasteiger partial charge in [0, 0.05) is 41.6 Å². The lowest BCUT2D eigenvalue weighted by Gasteiger charge is -2.27. The van der Waals surface area contributed by atoms with E-state index in [9.17, 15) is 0 Å². The smallest absolute Gasteiger partial charge is 0.145 e. The van der Waals surface area contributed by atoms with E-state index < -0.39 is 8.07 Å². The number of anilines is 3. The summed E-state index contributed by atoms with van der Waals surface area (Å²) in [6.07, 6.45) is 0. The molecule has 2 aromatic heterocycles. The van der Waals surface area contributed by atoms with Crippen molar-refractivity contribution in [3.63, 3.8) is 0 Å². The molecule has 0 saturated carbocycles. The predicted octanol–water partition coefficient (Wildman–Crippen LogP) is 14.0. The molecule has 0 amide bonds. The molecule has 8 rings (SSSR count). The third-order valence-electron chi connectivity index (χ3n) is 10.4. The molecule has 0 unspecified atom stereocenters. The van der Waals surface area contributed by atoms with Crippen LogP contribution in [0.4, 0.5) is 17.1 Å². The van der Waals surface area contributed by atoms with E-state index >= 15 is 0 Å². The van der Waals surface area contributed by atoms with E-state index in [1.807, 2.05) is 6.07 Å². The molecule has 274 valence electrons. The van der Waals surface area contributed by atoms with Crippen LogP contribution >= 0.6 is 0 Å². The second-order valence-corrected chi connectivity index (χ2v) is 22.1. The molecule has 0 aliphatic rings. The van der Waals surface area contributed by atoms with E-state index in [1.165, 1.54) is 28.4 Å². The Morgan fingerprint density at radius 2 is 1.13 bits per heavy atom. The Labute approximate surface area is 327 Å². The Morgan fingerprint density at radius 1 is 0.545 bits per heavy atom. The molecule has 2 heterocycles. The highest BCUT2D eigenvalue weighted by Crippen LogP contribution is 2.41. The van der Waals surface area contributed by atoms with Crippen LogP contribution in [0.15, 0.2) is 152 Å². The van der Waals surface area contributed by atoms with E-state index in [0.29, 0.717) is 11.8 Å².